The maximum atomic E-state index is 8.68. The second kappa shape index (κ2) is 42.4. The Labute approximate surface area is 87.7 Å². The van der Waals surface area contributed by atoms with Gasteiger partial charge in [0.1, 0.15) is 0 Å². The van der Waals surface area contributed by atoms with Crippen LogP contribution in [0, 0.1) is 0 Å². The summed E-state index contributed by atoms with van der Waals surface area (Å²) in [7, 11) is 0. The van der Waals surface area contributed by atoms with Crippen molar-refractivity contribution in [3.63, 3.8) is 0 Å². The summed E-state index contributed by atoms with van der Waals surface area (Å²) in [6, 6.07) is 0. The van der Waals surface area contributed by atoms with Gasteiger partial charge in [0.2, 0.25) is 0 Å². The molecule has 0 saturated heterocycles. The molecule has 0 aliphatic heterocycles. The Morgan fingerprint density at radius 3 is 1.00 bits per heavy atom. The third kappa shape index (κ3) is 217. The SMILES string of the molecule is C[C-]=O.C[C-]=O.[Zr+2].[Zr]. The van der Waals surface area contributed by atoms with Gasteiger partial charge in [-0.15, -0.1) is 0 Å². The van der Waals surface area contributed by atoms with E-state index < -0.39 is 0 Å². The van der Waals surface area contributed by atoms with E-state index in [9.17, 15) is 0 Å². The third-order valence-corrected chi connectivity index (χ3v) is 0. The molecule has 2 nitrogen and oxygen atoms in total. The molecule has 0 amide bonds. The molecule has 42 valence electrons. The molecule has 4 heteroatoms. The van der Waals surface area contributed by atoms with E-state index in [1.165, 1.54) is 26.4 Å². The van der Waals surface area contributed by atoms with Crippen LogP contribution in [0.15, 0.2) is 0 Å². The van der Waals surface area contributed by atoms with Crippen LogP contribution >= 0.6 is 0 Å². The van der Waals surface area contributed by atoms with Crippen molar-refractivity contribution >= 4 is 12.6 Å². The van der Waals surface area contributed by atoms with Gasteiger partial charge >= 0.3 is 26.2 Å². The first-order chi connectivity index (χ1) is 2.83. The Bertz CT molecular complexity index is 33.0. The predicted octanol–water partition coefficient (Wildman–Crippen LogP) is 0.227. The van der Waals surface area contributed by atoms with Crippen molar-refractivity contribution in [1.29, 1.82) is 0 Å². The van der Waals surface area contributed by atoms with Crippen LogP contribution in [0.25, 0.3) is 0 Å². The molecule has 0 radical (unpaired) electrons. The summed E-state index contributed by atoms with van der Waals surface area (Å²) in [6.45, 7) is 2.64. The summed E-state index contributed by atoms with van der Waals surface area (Å²) in [5.41, 5.74) is 0. The Kier molecular flexibility index (Phi) is 122. The van der Waals surface area contributed by atoms with Crippen LogP contribution < -0.4 is 0 Å². The minimum Gasteiger partial charge on any atom is -0.542 e. The quantitative estimate of drug-likeness (QED) is 0.589. The molecule has 0 aromatic rings. The normalized spacial score (nSPS) is 3.25. The summed E-state index contributed by atoms with van der Waals surface area (Å²) in [5, 5.41) is 0. The Morgan fingerprint density at radius 2 is 1.00 bits per heavy atom. The van der Waals surface area contributed by atoms with Crippen LogP contribution in [0.2, 0.25) is 0 Å². The second-order valence-corrected chi connectivity index (χ2v) is 0.408. The smallest absolute Gasteiger partial charge is 0.542 e. The molecule has 0 aliphatic carbocycles. The first kappa shape index (κ1) is 22.9. The van der Waals surface area contributed by atoms with E-state index in [1.807, 2.05) is 0 Å². The molecule has 8 heavy (non-hydrogen) atoms. The zero-order chi connectivity index (χ0) is 5.41. The van der Waals surface area contributed by atoms with Crippen molar-refractivity contribution < 1.29 is 62.0 Å². The van der Waals surface area contributed by atoms with Crippen molar-refractivity contribution in [2.24, 2.45) is 0 Å². The van der Waals surface area contributed by atoms with Crippen molar-refractivity contribution in [2.75, 3.05) is 0 Å². The molecule has 0 fully saturated rings. The average molecular weight is 269 g/mol. The molecule has 0 aliphatic rings. The van der Waals surface area contributed by atoms with Gasteiger partial charge in [0.05, 0.1) is 0 Å². The summed E-state index contributed by atoms with van der Waals surface area (Å²) in [5.74, 6) is 0. The maximum absolute atomic E-state index is 8.68. The van der Waals surface area contributed by atoms with Gasteiger partial charge in [0.25, 0.3) is 0 Å². The van der Waals surface area contributed by atoms with E-state index in [0.717, 1.165) is 0 Å². The van der Waals surface area contributed by atoms with E-state index in [1.54, 1.807) is 0 Å². The summed E-state index contributed by atoms with van der Waals surface area (Å²) in [4.78, 5) is 17.4. The standard InChI is InChI=1S/2C2H3O.2Zr/c2*1-2-3;;/h2*1H3;;/q2*-1;;+2. The van der Waals surface area contributed by atoms with Crippen molar-refractivity contribution in [3.8, 4) is 0 Å². The van der Waals surface area contributed by atoms with Gasteiger partial charge in [-0.25, -0.2) is 0 Å². The second-order valence-electron chi connectivity index (χ2n) is 0.408. The first-order valence-electron chi connectivity index (χ1n) is 1.41. The van der Waals surface area contributed by atoms with Crippen LogP contribution in [0.4, 0.5) is 0 Å². The molecule has 0 N–H and O–H groups in total. The number of hydrogen-bond donors (Lipinski definition) is 0. The van der Waals surface area contributed by atoms with Gasteiger partial charge in [-0.3, -0.25) is 12.6 Å². The third-order valence-electron chi connectivity index (χ3n) is 0. The van der Waals surface area contributed by atoms with E-state index in [2.05, 4.69) is 0 Å². The van der Waals surface area contributed by atoms with Crippen LogP contribution in [0.5, 0.6) is 0 Å². The van der Waals surface area contributed by atoms with Crippen molar-refractivity contribution in [1.82, 2.24) is 0 Å². The fraction of sp³-hybridized carbons (Fsp3) is 0.500. The average Bonchev–Trinajstić information content (AvgIpc) is 1.39. The fourth-order valence-corrected chi connectivity index (χ4v) is 0. The molecule has 0 rings (SSSR count). The molecule has 0 atom stereocenters. The molecule has 0 saturated carbocycles. The van der Waals surface area contributed by atoms with Crippen LogP contribution in [0.3, 0.4) is 0 Å². The van der Waals surface area contributed by atoms with Crippen molar-refractivity contribution in [2.45, 2.75) is 13.8 Å². The fourth-order valence-electron chi connectivity index (χ4n) is 0. The molecule has 0 heterocycles. The van der Waals surface area contributed by atoms with Gasteiger partial charge in [0.15, 0.2) is 0 Å². The maximum Gasteiger partial charge on any atom is 2.00 e. The number of rotatable bonds is 0. The van der Waals surface area contributed by atoms with Gasteiger partial charge in [0, 0.05) is 26.2 Å². The minimum absolute atomic E-state index is 0. The molecule has 0 aromatic heterocycles. The molecule has 0 aromatic carbocycles. The van der Waals surface area contributed by atoms with Crippen molar-refractivity contribution in [3.05, 3.63) is 0 Å². The van der Waals surface area contributed by atoms with Gasteiger partial charge in [-0.05, 0) is 0 Å². The van der Waals surface area contributed by atoms with Gasteiger partial charge in [-0.2, -0.15) is 13.8 Å². The van der Waals surface area contributed by atoms with E-state index in [4.69, 9.17) is 9.59 Å². The van der Waals surface area contributed by atoms with E-state index in [-0.39, 0.29) is 52.4 Å². The minimum atomic E-state index is 0. The Morgan fingerprint density at radius 1 is 1.00 bits per heavy atom. The van der Waals surface area contributed by atoms with Crippen LogP contribution in [0.1, 0.15) is 13.8 Å². The Balaban J connectivity index is -0.0000000160. The zero-order valence-electron chi connectivity index (χ0n) is 4.82. The number of hydrogen-bond acceptors (Lipinski definition) is 2. The first-order valence-corrected chi connectivity index (χ1v) is 1.41. The van der Waals surface area contributed by atoms with Crippen LogP contribution in [-0.4, -0.2) is 12.6 Å². The summed E-state index contributed by atoms with van der Waals surface area (Å²) >= 11 is 0. The monoisotopic (exact) mass is 266 g/mol. The largest absolute Gasteiger partial charge is 2.00 e. The predicted molar refractivity (Wildman–Crippen MR) is 22.7 cm³/mol. The van der Waals surface area contributed by atoms with Gasteiger partial charge < -0.3 is 9.59 Å². The van der Waals surface area contributed by atoms with E-state index in [0.29, 0.717) is 0 Å². The van der Waals surface area contributed by atoms with E-state index >= 15 is 0 Å². The summed E-state index contributed by atoms with van der Waals surface area (Å²) in [6.07, 6.45) is 3.00. The molecular formula is C4H6O2Zr2. The van der Waals surface area contributed by atoms with Crippen LogP contribution in [-0.2, 0) is 62.0 Å². The molecule has 0 unspecified atom stereocenters. The topological polar surface area (TPSA) is 34.1 Å². The van der Waals surface area contributed by atoms with Gasteiger partial charge in [-0.1, -0.05) is 0 Å². The molecular weight excluding hydrogens is 262 g/mol. The number of carbonyl (C=O) groups excluding carboxylic acids is 2. The zero-order valence-corrected chi connectivity index (χ0v) is 9.73. The summed E-state index contributed by atoms with van der Waals surface area (Å²) < 4.78 is 0. The molecule has 0 bridgehead atoms. The molecule has 0 spiro atoms. The Hall–Kier alpha value is 1.11.